The molecule has 1 fully saturated rings. The molecular formula is C22H24BN4O13PS. The van der Waals surface area contributed by atoms with Gasteiger partial charge in [0.05, 0.1) is 30.8 Å². The summed E-state index contributed by atoms with van der Waals surface area (Å²) in [5.41, 5.74) is -0.0966. The molecule has 2 aromatic rings. The predicted molar refractivity (Wildman–Crippen MR) is 142 cm³/mol. The molecule has 224 valence electrons. The van der Waals surface area contributed by atoms with Gasteiger partial charge >= 0.3 is 32.7 Å². The van der Waals surface area contributed by atoms with E-state index in [9.17, 15) is 57.2 Å². The SMILES string of the molecule is CS(=O)(=O)N1CCN(C(=O)NC(C(=O)N[C@H]2Cc3cccc(C(=O)O)c3OB2O)c2ccc(P(=O)(O)O)c(O)c2)C1=O. The van der Waals surface area contributed by atoms with Gasteiger partial charge in [-0.3, -0.25) is 9.36 Å². The minimum Gasteiger partial charge on any atom is -0.534 e. The average Bonchev–Trinajstić information content (AvgIpc) is 3.28. The summed E-state index contributed by atoms with van der Waals surface area (Å²) >= 11 is 0. The molecule has 1 unspecified atom stereocenters. The number of carboxylic acids is 1. The van der Waals surface area contributed by atoms with Crippen LogP contribution in [0.3, 0.4) is 0 Å². The summed E-state index contributed by atoms with van der Waals surface area (Å²) in [6.45, 7) is -0.699. The number of nitrogens with one attached hydrogen (secondary N) is 2. The van der Waals surface area contributed by atoms with Crippen LogP contribution in [0.1, 0.15) is 27.5 Å². The Morgan fingerprint density at radius 1 is 1.17 bits per heavy atom. The maximum atomic E-state index is 13.5. The number of imide groups is 1. The minimum absolute atomic E-state index is 0.103. The lowest BCUT2D eigenvalue weighted by Gasteiger charge is -2.30. The van der Waals surface area contributed by atoms with Crippen molar-refractivity contribution in [2.75, 3.05) is 19.3 Å². The largest absolute Gasteiger partial charge is 0.547 e. The van der Waals surface area contributed by atoms with Gasteiger partial charge < -0.3 is 40.3 Å². The van der Waals surface area contributed by atoms with Crippen LogP contribution in [0.2, 0.25) is 0 Å². The summed E-state index contributed by atoms with van der Waals surface area (Å²) in [4.78, 5) is 69.9. The number of carboxylic acid groups (broad SMARTS) is 1. The number of phenols is 1. The van der Waals surface area contributed by atoms with E-state index in [0.717, 1.165) is 24.5 Å². The van der Waals surface area contributed by atoms with E-state index >= 15 is 0 Å². The van der Waals surface area contributed by atoms with Crippen molar-refractivity contribution < 1.29 is 61.8 Å². The van der Waals surface area contributed by atoms with Crippen LogP contribution in [0.5, 0.6) is 11.5 Å². The number of carbonyl (C=O) groups is 4. The molecule has 4 rings (SSSR count). The Balaban J connectivity index is 1.63. The van der Waals surface area contributed by atoms with Crippen molar-refractivity contribution in [3.8, 4) is 11.5 Å². The zero-order valence-corrected chi connectivity index (χ0v) is 23.3. The molecule has 7 N–H and O–H groups in total. The highest BCUT2D eigenvalue weighted by Gasteiger charge is 2.42. The summed E-state index contributed by atoms with van der Waals surface area (Å²) in [5, 5.41) is 34.0. The predicted octanol–water partition coefficient (Wildman–Crippen LogP) is -1.52. The molecule has 17 nitrogen and oxygen atoms in total. The van der Waals surface area contributed by atoms with Gasteiger partial charge in [0.25, 0.3) is 0 Å². The van der Waals surface area contributed by atoms with E-state index in [1.165, 1.54) is 18.2 Å². The molecule has 2 aliphatic rings. The molecule has 2 aromatic carbocycles. The van der Waals surface area contributed by atoms with Crippen LogP contribution in [0, 0.1) is 0 Å². The highest BCUT2D eigenvalue weighted by molar-refractivity contribution is 7.88. The van der Waals surface area contributed by atoms with E-state index in [2.05, 4.69) is 10.6 Å². The smallest absolute Gasteiger partial charge is 0.534 e. The zero-order chi connectivity index (χ0) is 31.1. The Labute approximate surface area is 238 Å². The third-order valence-corrected chi connectivity index (χ3v) is 8.62. The number of aromatic carboxylic acids is 1. The Morgan fingerprint density at radius 2 is 1.86 bits per heavy atom. The van der Waals surface area contributed by atoms with Gasteiger partial charge in [-0.2, -0.15) is 0 Å². The van der Waals surface area contributed by atoms with Crippen molar-refractivity contribution in [2.24, 2.45) is 0 Å². The second-order valence-electron chi connectivity index (χ2n) is 9.37. The highest BCUT2D eigenvalue weighted by atomic mass is 32.2. The van der Waals surface area contributed by atoms with E-state index in [1.807, 2.05) is 0 Å². The maximum Gasteiger partial charge on any atom is 0.547 e. The number of aromatic hydroxyl groups is 1. The molecule has 5 amide bonds. The Morgan fingerprint density at radius 3 is 2.43 bits per heavy atom. The number of rotatable bonds is 7. The molecule has 0 aromatic heterocycles. The van der Waals surface area contributed by atoms with Gasteiger partial charge in [0.15, 0.2) is 0 Å². The molecule has 0 aliphatic carbocycles. The molecule has 2 heterocycles. The van der Waals surface area contributed by atoms with Gasteiger partial charge in [0.2, 0.25) is 15.9 Å². The zero-order valence-electron chi connectivity index (χ0n) is 21.6. The van der Waals surface area contributed by atoms with Gasteiger partial charge in [0, 0.05) is 0 Å². The van der Waals surface area contributed by atoms with Crippen molar-refractivity contribution in [3.05, 3.63) is 53.1 Å². The number of urea groups is 2. The van der Waals surface area contributed by atoms with E-state index in [0.29, 0.717) is 14.8 Å². The summed E-state index contributed by atoms with van der Waals surface area (Å²) < 4.78 is 41.1. The number of sulfonamides is 1. The number of phenolic OH excluding ortho intramolecular Hbond substituents is 1. The first-order valence-electron chi connectivity index (χ1n) is 12.0. The number of hydrogen-bond donors (Lipinski definition) is 7. The van der Waals surface area contributed by atoms with Crippen molar-refractivity contribution in [3.63, 3.8) is 0 Å². The second-order valence-corrected chi connectivity index (χ2v) is 12.8. The number of benzene rings is 2. The Bertz CT molecular complexity index is 1630. The van der Waals surface area contributed by atoms with E-state index in [4.69, 9.17) is 4.65 Å². The van der Waals surface area contributed by atoms with Gasteiger partial charge in [-0.15, -0.1) is 0 Å². The summed E-state index contributed by atoms with van der Waals surface area (Å²) in [6, 6.07) is 2.71. The molecule has 1 saturated heterocycles. The molecule has 0 spiro atoms. The fraction of sp³-hybridized carbons (Fsp3) is 0.273. The average molecular weight is 626 g/mol. The van der Waals surface area contributed by atoms with Crippen LogP contribution in [0.15, 0.2) is 36.4 Å². The number of fused-ring (bicyclic) bond motifs is 1. The third kappa shape index (κ3) is 6.19. The summed E-state index contributed by atoms with van der Waals surface area (Å²) in [6.07, 6.45) is 0.656. The van der Waals surface area contributed by atoms with Crippen molar-refractivity contribution in [2.45, 2.75) is 18.4 Å². The van der Waals surface area contributed by atoms with E-state index in [-0.39, 0.29) is 36.4 Å². The second kappa shape index (κ2) is 11.3. The minimum atomic E-state index is -4.93. The summed E-state index contributed by atoms with van der Waals surface area (Å²) in [5.74, 6) is -4.55. The number of amides is 5. The lowest BCUT2D eigenvalue weighted by atomic mass is 9.72. The van der Waals surface area contributed by atoms with Crippen LogP contribution in [0.25, 0.3) is 0 Å². The number of para-hydroxylation sites is 1. The quantitative estimate of drug-likeness (QED) is 0.136. The van der Waals surface area contributed by atoms with Crippen molar-refractivity contribution >= 4 is 54.0 Å². The third-order valence-electron chi connectivity index (χ3n) is 6.47. The molecule has 20 heteroatoms. The number of carbonyl (C=O) groups excluding carboxylic acids is 3. The van der Waals surface area contributed by atoms with Gasteiger partial charge in [-0.1, -0.05) is 18.2 Å². The summed E-state index contributed by atoms with van der Waals surface area (Å²) in [7, 11) is -10.7. The number of nitrogens with zero attached hydrogens (tertiary/aromatic N) is 2. The van der Waals surface area contributed by atoms with Crippen LogP contribution in [-0.4, -0.2) is 99.0 Å². The van der Waals surface area contributed by atoms with Crippen molar-refractivity contribution in [1.29, 1.82) is 0 Å². The Hall–Kier alpha value is -4.16. The Kier molecular flexibility index (Phi) is 8.26. The molecular weight excluding hydrogens is 602 g/mol. The molecule has 42 heavy (non-hydrogen) atoms. The normalized spacial score (nSPS) is 17.8. The van der Waals surface area contributed by atoms with E-state index in [1.54, 1.807) is 0 Å². The van der Waals surface area contributed by atoms with Gasteiger partial charge in [-0.25, -0.2) is 32.0 Å². The molecule has 2 atom stereocenters. The topological polar surface area (TPSA) is 260 Å². The fourth-order valence-corrected chi connectivity index (χ4v) is 5.89. The fourth-order valence-electron chi connectivity index (χ4n) is 4.46. The molecule has 0 bridgehead atoms. The molecule has 0 radical (unpaired) electrons. The van der Waals surface area contributed by atoms with Crippen LogP contribution >= 0.6 is 7.60 Å². The lowest BCUT2D eigenvalue weighted by molar-refractivity contribution is -0.123. The maximum absolute atomic E-state index is 13.5. The lowest BCUT2D eigenvalue weighted by Crippen LogP contribution is -2.56. The van der Waals surface area contributed by atoms with Crippen LogP contribution in [0.4, 0.5) is 9.59 Å². The van der Waals surface area contributed by atoms with Gasteiger partial charge in [-0.05, 0) is 35.7 Å². The molecule has 2 aliphatic heterocycles. The van der Waals surface area contributed by atoms with Crippen LogP contribution in [-0.2, 0) is 25.8 Å². The van der Waals surface area contributed by atoms with E-state index < -0.39 is 71.7 Å². The molecule has 0 saturated carbocycles. The van der Waals surface area contributed by atoms with Crippen molar-refractivity contribution in [1.82, 2.24) is 19.8 Å². The first-order valence-corrected chi connectivity index (χ1v) is 15.4. The highest BCUT2D eigenvalue weighted by Crippen LogP contribution is 2.38. The first kappa shape index (κ1) is 30.8. The van der Waals surface area contributed by atoms with Crippen LogP contribution < -0.4 is 20.6 Å². The first-order chi connectivity index (χ1) is 19.5. The number of hydrogen-bond acceptors (Lipinski definition) is 10. The standard InChI is InChI=1S/C22H24BN4O13PS/c1-42(38,39)27-8-7-26(22(27)33)21(32)25-17(11-5-6-15(14(28)9-11)41(35,36)37)19(29)24-16-10-12-3-2-4-13(20(30)31)18(12)40-23(16)34/h2-6,9,16-17,28,34H,7-8,10H2,1H3,(H,24,29)(H,25,32)(H,30,31)(H2,35,36,37)/t16-,17?/m0/s1. The monoisotopic (exact) mass is 626 g/mol. The van der Waals surface area contributed by atoms with Gasteiger partial charge in [0.1, 0.15) is 22.8 Å².